The van der Waals surface area contributed by atoms with Crippen LogP contribution in [0.5, 0.6) is 0 Å². The summed E-state index contributed by atoms with van der Waals surface area (Å²) in [5, 5.41) is 9.29. The summed E-state index contributed by atoms with van der Waals surface area (Å²) in [5.41, 5.74) is 0. The second-order valence-corrected chi connectivity index (χ2v) is 2.93. The summed E-state index contributed by atoms with van der Waals surface area (Å²) in [6.07, 6.45) is -1.56. The van der Waals surface area contributed by atoms with Crippen molar-refractivity contribution in [2.75, 3.05) is 13.2 Å². The molecule has 0 bridgehead atoms. The number of carbonyl (C=O) groups excluding carboxylic acids is 1. The molecule has 5 heteroatoms. The predicted molar refractivity (Wildman–Crippen MR) is 36.4 cm³/mol. The van der Waals surface area contributed by atoms with Crippen LogP contribution in [0.1, 0.15) is 0 Å². The number of aliphatic hydroxyl groups excluding tert-OH is 1. The second-order valence-electron chi connectivity index (χ2n) is 2.93. The maximum absolute atomic E-state index is 10.0. The van der Waals surface area contributed by atoms with Crippen LogP contribution in [0, 0.1) is 0 Å². The maximum atomic E-state index is 10.0. The lowest BCUT2D eigenvalue weighted by molar-refractivity contribution is -0.138. The van der Waals surface area contributed by atoms with E-state index in [0.29, 0.717) is 13.1 Å². The molecule has 4 atom stereocenters. The molecule has 12 heavy (non-hydrogen) atoms. The standard InChI is InChI=1S/C7H10O5/c8-3-12-5-2-11-6-4(9)1-10-7(5)6/h3-7,9H,1-2H2/t4-,5+,6+,7+/m0/s1. The molecule has 2 rings (SSSR count). The highest BCUT2D eigenvalue weighted by Crippen LogP contribution is 2.28. The minimum Gasteiger partial charge on any atom is -0.459 e. The molecule has 2 saturated heterocycles. The smallest absolute Gasteiger partial charge is 0.293 e. The third kappa shape index (κ3) is 1.10. The zero-order valence-electron chi connectivity index (χ0n) is 6.38. The molecule has 0 aromatic carbocycles. The summed E-state index contributed by atoms with van der Waals surface area (Å²) in [7, 11) is 0. The van der Waals surface area contributed by atoms with Gasteiger partial charge in [0.1, 0.15) is 18.3 Å². The molecule has 0 unspecified atom stereocenters. The Morgan fingerprint density at radius 2 is 2.08 bits per heavy atom. The Kier molecular flexibility index (Phi) is 2.00. The molecule has 68 valence electrons. The Morgan fingerprint density at radius 1 is 1.33 bits per heavy atom. The first kappa shape index (κ1) is 7.97. The zero-order valence-corrected chi connectivity index (χ0v) is 6.38. The Morgan fingerprint density at radius 3 is 2.83 bits per heavy atom. The molecule has 2 aliphatic rings. The second kappa shape index (κ2) is 3.01. The van der Waals surface area contributed by atoms with Gasteiger partial charge in [-0.15, -0.1) is 0 Å². The lowest BCUT2D eigenvalue weighted by atomic mass is 10.1. The maximum Gasteiger partial charge on any atom is 0.293 e. The van der Waals surface area contributed by atoms with Gasteiger partial charge in [0.25, 0.3) is 6.47 Å². The SMILES string of the molecule is O=CO[C@@H]1CO[C@H]2[C@@H]1OC[C@@H]2O. The summed E-state index contributed by atoms with van der Waals surface area (Å²) < 4.78 is 15.1. The lowest BCUT2D eigenvalue weighted by Gasteiger charge is -2.12. The van der Waals surface area contributed by atoms with Crippen LogP contribution in [0.3, 0.4) is 0 Å². The number of hydrogen-bond donors (Lipinski definition) is 1. The number of ether oxygens (including phenoxy) is 3. The van der Waals surface area contributed by atoms with Gasteiger partial charge in [-0.25, -0.2) is 0 Å². The molecule has 0 radical (unpaired) electrons. The molecule has 0 spiro atoms. The molecule has 0 amide bonds. The van der Waals surface area contributed by atoms with Crippen molar-refractivity contribution in [3.8, 4) is 0 Å². The summed E-state index contributed by atoms with van der Waals surface area (Å²) >= 11 is 0. The highest BCUT2D eigenvalue weighted by Gasteiger charge is 2.48. The normalized spacial score (nSPS) is 45.8. The van der Waals surface area contributed by atoms with Crippen LogP contribution < -0.4 is 0 Å². The lowest BCUT2D eigenvalue weighted by Crippen LogP contribution is -2.32. The fourth-order valence-corrected chi connectivity index (χ4v) is 1.63. The molecule has 0 aromatic heterocycles. The van der Waals surface area contributed by atoms with E-state index in [2.05, 4.69) is 0 Å². The van der Waals surface area contributed by atoms with Crippen molar-refractivity contribution in [3.63, 3.8) is 0 Å². The van der Waals surface area contributed by atoms with E-state index in [1.54, 1.807) is 0 Å². The van der Waals surface area contributed by atoms with Gasteiger partial charge in [0.2, 0.25) is 0 Å². The van der Waals surface area contributed by atoms with E-state index >= 15 is 0 Å². The Balaban J connectivity index is 2.00. The van der Waals surface area contributed by atoms with Crippen LogP contribution in [0.2, 0.25) is 0 Å². The first-order chi connectivity index (χ1) is 5.83. The molecule has 0 aromatic rings. The largest absolute Gasteiger partial charge is 0.459 e. The minimum atomic E-state index is -0.588. The fourth-order valence-electron chi connectivity index (χ4n) is 1.63. The van der Waals surface area contributed by atoms with Crippen molar-refractivity contribution in [3.05, 3.63) is 0 Å². The fraction of sp³-hybridized carbons (Fsp3) is 0.857. The van der Waals surface area contributed by atoms with Gasteiger partial charge >= 0.3 is 0 Å². The van der Waals surface area contributed by atoms with Crippen molar-refractivity contribution in [2.24, 2.45) is 0 Å². The van der Waals surface area contributed by atoms with Crippen molar-refractivity contribution in [1.82, 2.24) is 0 Å². The molecular formula is C7H10O5. The third-order valence-electron chi connectivity index (χ3n) is 2.21. The average molecular weight is 174 g/mol. The zero-order chi connectivity index (χ0) is 8.55. The monoisotopic (exact) mass is 174 g/mol. The number of hydrogen-bond acceptors (Lipinski definition) is 5. The predicted octanol–water partition coefficient (Wildman–Crippen LogP) is -1.31. The Labute approximate surface area is 69.2 Å². The topological polar surface area (TPSA) is 65.0 Å². The Bertz CT molecular complexity index is 183. The van der Waals surface area contributed by atoms with Crippen LogP contribution in [0.25, 0.3) is 0 Å². The van der Waals surface area contributed by atoms with E-state index < -0.39 is 6.10 Å². The van der Waals surface area contributed by atoms with Crippen molar-refractivity contribution >= 4 is 6.47 Å². The average Bonchev–Trinajstić information content (AvgIpc) is 2.58. The van der Waals surface area contributed by atoms with Crippen LogP contribution in [0.15, 0.2) is 0 Å². The van der Waals surface area contributed by atoms with Gasteiger partial charge < -0.3 is 19.3 Å². The van der Waals surface area contributed by atoms with Gasteiger partial charge in [-0.2, -0.15) is 0 Å². The van der Waals surface area contributed by atoms with Crippen LogP contribution >= 0.6 is 0 Å². The van der Waals surface area contributed by atoms with Crippen LogP contribution in [-0.2, 0) is 19.0 Å². The van der Waals surface area contributed by atoms with E-state index in [9.17, 15) is 9.90 Å². The summed E-state index contributed by atoms with van der Waals surface area (Å²) in [4.78, 5) is 10.0. The third-order valence-corrected chi connectivity index (χ3v) is 2.21. The van der Waals surface area contributed by atoms with E-state index in [4.69, 9.17) is 14.2 Å². The van der Waals surface area contributed by atoms with Crippen molar-refractivity contribution in [2.45, 2.75) is 24.4 Å². The van der Waals surface area contributed by atoms with Gasteiger partial charge in [0.05, 0.1) is 13.2 Å². The molecule has 5 nitrogen and oxygen atoms in total. The molecule has 2 heterocycles. The van der Waals surface area contributed by atoms with E-state index in [0.717, 1.165) is 0 Å². The number of aliphatic hydroxyl groups is 1. The van der Waals surface area contributed by atoms with Gasteiger partial charge in [-0.05, 0) is 0 Å². The van der Waals surface area contributed by atoms with Crippen LogP contribution in [0.4, 0.5) is 0 Å². The quantitative estimate of drug-likeness (QED) is 0.526. The minimum absolute atomic E-state index is 0.258. The molecule has 0 aliphatic carbocycles. The van der Waals surface area contributed by atoms with E-state index in [1.807, 2.05) is 0 Å². The summed E-state index contributed by atoms with van der Waals surface area (Å²) in [6, 6.07) is 0. The summed E-state index contributed by atoms with van der Waals surface area (Å²) in [6.45, 7) is 0.948. The highest BCUT2D eigenvalue weighted by atomic mass is 16.6. The number of fused-ring (bicyclic) bond motifs is 1. The molecule has 0 saturated carbocycles. The molecular weight excluding hydrogens is 164 g/mol. The van der Waals surface area contributed by atoms with Crippen molar-refractivity contribution < 1.29 is 24.1 Å². The highest BCUT2D eigenvalue weighted by molar-refractivity contribution is 5.37. The van der Waals surface area contributed by atoms with E-state index in [-0.39, 0.29) is 24.9 Å². The molecule has 2 fully saturated rings. The molecule has 2 aliphatic heterocycles. The van der Waals surface area contributed by atoms with Gasteiger partial charge in [0, 0.05) is 0 Å². The first-order valence-corrected chi connectivity index (χ1v) is 3.83. The number of rotatable bonds is 2. The summed E-state index contributed by atoms with van der Waals surface area (Å²) in [5.74, 6) is 0. The van der Waals surface area contributed by atoms with Crippen molar-refractivity contribution in [1.29, 1.82) is 0 Å². The van der Waals surface area contributed by atoms with Crippen LogP contribution in [-0.4, -0.2) is 49.2 Å². The van der Waals surface area contributed by atoms with Gasteiger partial charge in [-0.3, -0.25) is 4.79 Å². The number of carbonyl (C=O) groups is 1. The Hall–Kier alpha value is -0.650. The van der Waals surface area contributed by atoms with E-state index in [1.165, 1.54) is 0 Å². The van der Waals surface area contributed by atoms with Gasteiger partial charge in [0.15, 0.2) is 6.10 Å². The van der Waals surface area contributed by atoms with Gasteiger partial charge in [-0.1, -0.05) is 0 Å². The first-order valence-electron chi connectivity index (χ1n) is 3.83. The molecule has 1 N–H and O–H groups in total.